The smallest absolute Gasteiger partial charge is 0.223 e. The van der Waals surface area contributed by atoms with E-state index in [1.807, 2.05) is 0 Å². The summed E-state index contributed by atoms with van der Waals surface area (Å²) in [6, 6.07) is 12.5. The molecule has 3 aromatic rings. The quantitative estimate of drug-likeness (QED) is 0.523. The summed E-state index contributed by atoms with van der Waals surface area (Å²) in [7, 11) is -1.99. The lowest BCUT2D eigenvalue weighted by Gasteiger charge is -2.34. The molecule has 4 rings (SSSR count). The fraction of sp³-hybridized carbons (Fsp3) is 0.391. The molecule has 1 aromatic heterocycles. The van der Waals surface area contributed by atoms with Crippen LogP contribution in [-0.2, 0) is 21.1 Å². The molecular weight excluding hydrogens is 446 g/mol. The number of amides is 1. The van der Waals surface area contributed by atoms with Gasteiger partial charge in [-0.2, -0.15) is 0 Å². The van der Waals surface area contributed by atoms with E-state index in [2.05, 4.69) is 30.0 Å². The Bertz CT molecular complexity index is 1200. The largest absolute Gasteiger partial charge is 0.497 e. The Kier molecular flexibility index (Phi) is 6.66. The minimum absolute atomic E-state index is 0.0185. The summed E-state index contributed by atoms with van der Waals surface area (Å²) in [5.41, 5.74) is 2.31. The molecule has 1 fully saturated rings. The highest BCUT2D eigenvalue weighted by molar-refractivity contribution is 7.91. The number of nitrogens with zero attached hydrogens (tertiary/aromatic N) is 3. The number of thiazole rings is 1. The van der Waals surface area contributed by atoms with Gasteiger partial charge in [0.1, 0.15) is 5.75 Å². The van der Waals surface area contributed by atoms with Crippen LogP contribution in [0.25, 0.3) is 10.2 Å². The molecule has 1 aliphatic heterocycles. The Balaban J connectivity index is 1.33. The summed E-state index contributed by atoms with van der Waals surface area (Å²) < 4.78 is 31.4. The third-order valence-electron chi connectivity index (χ3n) is 5.78. The molecule has 0 saturated carbocycles. The highest BCUT2D eigenvalue weighted by atomic mass is 32.2. The molecule has 2 aromatic carbocycles. The number of carbonyl (C=O) groups excluding carboxylic acids is 1. The van der Waals surface area contributed by atoms with Gasteiger partial charge in [0.25, 0.3) is 0 Å². The molecule has 0 bridgehead atoms. The Morgan fingerprint density at radius 3 is 2.47 bits per heavy atom. The van der Waals surface area contributed by atoms with E-state index in [4.69, 9.17) is 9.72 Å². The third-order valence-corrected chi connectivity index (χ3v) is 8.59. The second-order valence-electron chi connectivity index (χ2n) is 7.73. The molecule has 1 aliphatic rings. The van der Waals surface area contributed by atoms with Crippen molar-refractivity contribution in [3.05, 3.63) is 48.0 Å². The van der Waals surface area contributed by atoms with Crippen LogP contribution in [0.1, 0.15) is 18.9 Å². The number of fused-ring (bicyclic) bond motifs is 1. The fourth-order valence-corrected chi connectivity index (χ4v) is 6.14. The van der Waals surface area contributed by atoms with Gasteiger partial charge in [-0.15, -0.1) is 0 Å². The van der Waals surface area contributed by atoms with Crippen LogP contribution >= 0.6 is 11.3 Å². The van der Waals surface area contributed by atoms with Crippen molar-refractivity contribution in [3.63, 3.8) is 0 Å². The van der Waals surface area contributed by atoms with Gasteiger partial charge in [0.15, 0.2) is 15.0 Å². The van der Waals surface area contributed by atoms with E-state index in [0.29, 0.717) is 31.9 Å². The number of rotatable bonds is 7. The SMILES string of the molecule is CCc1cccc2sc(N3CCN(C(=O)CCS(=O)(=O)c4ccc(OC)cc4)CC3)nc12. The number of hydrogen-bond donors (Lipinski definition) is 0. The molecule has 9 heteroatoms. The number of benzene rings is 2. The van der Waals surface area contributed by atoms with Gasteiger partial charge in [0.2, 0.25) is 5.91 Å². The summed E-state index contributed by atoms with van der Waals surface area (Å²) >= 11 is 1.68. The van der Waals surface area contributed by atoms with Crippen LogP contribution in [0, 0.1) is 0 Å². The first-order valence-electron chi connectivity index (χ1n) is 10.7. The van der Waals surface area contributed by atoms with Crippen LogP contribution in [0.2, 0.25) is 0 Å². The van der Waals surface area contributed by atoms with Gasteiger partial charge in [-0.1, -0.05) is 30.4 Å². The molecule has 32 heavy (non-hydrogen) atoms. The number of ether oxygens (including phenoxy) is 1. The van der Waals surface area contributed by atoms with Crippen LogP contribution in [0.3, 0.4) is 0 Å². The molecule has 1 amide bonds. The number of aromatic nitrogens is 1. The number of carbonyl (C=O) groups is 1. The summed E-state index contributed by atoms with van der Waals surface area (Å²) in [6.07, 6.45) is 0.928. The van der Waals surface area contributed by atoms with Gasteiger partial charge in [0, 0.05) is 32.6 Å². The third kappa shape index (κ3) is 4.73. The molecule has 2 heterocycles. The zero-order valence-corrected chi connectivity index (χ0v) is 19.9. The van der Waals surface area contributed by atoms with Crippen molar-refractivity contribution in [3.8, 4) is 5.75 Å². The second-order valence-corrected chi connectivity index (χ2v) is 10.8. The highest BCUT2D eigenvalue weighted by Crippen LogP contribution is 2.31. The fourth-order valence-electron chi connectivity index (χ4n) is 3.84. The van der Waals surface area contributed by atoms with Gasteiger partial charge in [0.05, 0.1) is 28.0 Å². The van der Waals surface area contributed by atoms with E-state index in [1.54, 1.807) is 28.4 Å². The standard InChI is InChI=1S/C23H27N3O4S2/c1-3-17-5-4-6-20-22(17)24-23(31-20)26-14-12-25(13-15-26)21(27)11-16-32(28,29)19-9-7-18(30-2)8-10-19/h4-10H,3,11-16H2,1-2H3. The topological polar surface area (TPSA) is 79.8 Å². The predicted molar refractivity (Wildman–Crippen MR) is 127 cm³/mol. The van der Waals surface area contributed by atoms with Crippen molar-refractivity contribution in [2.24, 2.45) is 0 Å². The van der Waals surface area contributed by atoms with Crippen molar-refractivity contribution in [2.45, 2.75) is 24.7 Å². The molecule has 0 unspecified atom stereocenters. The van der Waals surface area contributed by atoms with Gasteiger partial charge < -0.3 is 14.5 Å². The van der Waals surface area contributed by atoms with Gasteiger partial charge in [-0.25, -0.2) is 13.4 Å². The van der Waals surface area contributed by atoms with E-state index < -0.39 is 9.84 Å². The average molecular weight is 474 g/mol. The van der Waals surface area contributed by atoms with Gasteiger partial charge >= 0.3 is 0 Å². The van der Waals surface area contributed by atoms with Crippen molar-refractivity contribution in [2.75, 3.05) is 43.9 Å². The van der Waals surface area contributed by atoms with Crippen LogP contribution in [0.4, 0.5) is 5.13 Å². The van der Waals surface area contributed by atoms with Crippen molar-refractivity contribution >= 4 is 42.4 Å². The highest BCUT2D eigenvalue weighted by Gasteiger charge is 2.25. The Morgan fingerprint density at radius 2 is 1.81 bits per heavy atom. The lowest BCUT2D eigenvalue weighted by Crippen LogP contribution is -2.49. The number of aryl methyl sites for hydroxylation is 1. The maximum atomic E-state index is 12.7. The molecule has 1 saturated heterocycles. The Morgan fingerprint density at radius 1 is 1.09 bits per heavy atom. The van der Waals surface area contributed by atoms with Crippen LogP contribution in [-0.4, -0.2) is 63.3 Å². The number of para-hydroxylation sites is 1. The van der Waals surface area contributed by atoms with Gasteiger partial charge in [-0.3, -0.25) is 4.79 Å². The number of anilines is 1. The first-order valence-corrected chi connectivity index (χ1v) is 13.2. The van der Waals surface area contributed by atoms with E-state index in [9.17, 15) is 13.2 Å². The zero-order chi connectivity index (χ0) is 22.7. The summed E-state index contributed by atoms with van der Waals surface area (Å²) in [6.45, 7) is 4.65. The molecule has 170 valence electrons. The first kappa shape index (κ1) is 22.5. The van der Waals surface area contributed by atoms with E-state index >= 15 is 0 Å². The summed E-state index contributed by atoms with van der Waals surface area (Å²) in [5, 5.41) is 0.982. The van der Waals surface area contributed by atoms with Gasteiger partial charge in [-0.05, 0) is 42.3 Å². The van der Waals surface area contributed by atoms with Crippen molar-refractivity contribution in [1.29, 1.82) is 0 Å². The molecule has 7 nitrogen and oxygen atoms in total. The van der Waals surface area contributed by atoms with E-state index in [0.717, 1.165) is 17.1 Å². The average Bonchev–Trinajstić information content (AvgIpc) is 3.27. The molecule has 0 spiro atoms. The molecule has 0 atom stereocenters. The lowest BCUT2D eigenvalue weighted by molar-refractivity contribution is -0.131. The number of piperazine rings is 1. The molecule has 0 N–H and O–H groups in total. The van der Waals surface area contributed by atoms with Crippen LogP contribution in [0.15, 0.2) is 47.4 Å². The first-order chi connectivity index (χ1) is 15.4. The molecule has 0 aliphatic carbocycles. The summed E-state index contributed by atoms with van der Waals surface area (Å²) in [5.74, 6) is 0.270. The number of methoxy groups -OCH3 is 1. The second kappa shape index (κ2) is 9.46. The van der Waals surface area contributed by atoms with E-state index in [-0.39, 0.29) is 23.0 Å². The zero-order valence-electron chi connectivity index (χ0n) is 18.3. The predicted octanol–water partition coefficient (Wildman–Crippen LogP) is 3.38. The maximum absolute atomic E-state index is 12.7. The van der Waals surface area contributed by atoms with Crippen LogP contribution in [0.5, 0.6) is 5.75 Å². The maximum Gasteiger partial charge on any atom is 0.223 e. The number of hydrogen-bond acceptors (Lipinski definition) is 7. The molecule has 0 radical (unpaired) electrons. The Labute approximate surface area is 192 Å². The minimum atomic E-state index is -3.52. The lowest BCUT2D eigenvalue weighted by atomic mass is 10.1. The van der Waals surface area contributed by atoms with Crippen molar-refractivity contribution < 1.29 is 17.9 Å². The molecular formula is C23H27N3O4S2. The Hall–Kier alpha value is -2.65. The van der Waals surface area contributed by atoms with Crippen molar-refractivity contribution in [1.82, 2.24) is 9.88 Å². The van der Waals surface area contributed by atoms with Crippen LogP contribution < -0.4 is 9.64 Å². The monoisotopic (exact) mass is 473 g/mol. The minimum Gasteiger partial charge on any atom is -0.497 e. The summed E-state index contributed by atoms with van der Waals surface area (Å²) in [4.78, 5) is 21.7. The normalized spacial score (nSPS) is 14.7. The van der Waals surface area contributed by atoms with E-state index in [1.165, 1.54) is 29.5 Å². The number of sulfone groups is 1.